The summed E-state index contributed by atoms with van der Waals surface area (Å²) in [5, 5.41) is 0. The highest BCUT2D eigenvalue weighted by atomic mass is 32.2. The molecule has 0 saturated heterocycles. The van der Waals surface area contributed by atoms with Gasteiger partial charge in [0.05, 0.1) is 18.1 Å². The number of hydrogen-bond donors (Lipinski definition) is 0. The van der Waals surface area contributed by atoms with E-state index in [1.807, 2.05) is 13.0 Å². The lowest BCUT2D eigenvalue weighted by molar-refractivity contribution is 0.0720. The van der Waals surface area contributed by atoms with E-state index >= 15 is 0 Å². The average Bonchev–Trinajstić information content (AvgIpc) is 2.51. The third-order valence-corrected chi connectivity index (χ3v) is 5.47. The third-order valence-electron chi connectivity index (χ3n) is 3.56. The Hall–Kier alpha value is -1.14. The molecule has 0 aliphatic heterocycles. The van der Waals surface area contributed by atoms with E-state index < -0.39 is 16.5 Å². The number of rotatable bonds is 11. The maximum absolute atomic E-state index is 12.3. The minimum absolute atomic E-state index is 0.00466. The smallest absolute Gasteiger partial charge is 0.150 e. The van der Waals surface area contributed by atoms with E-state index in [1.165, 1.54) is 0 Å². The number of benzene rings is 1. The Morgan fingerprint density at radius 3 is 2.56 bits per heavy atom. The zero-order valence-corrected chi connectivity index (χ0v) is 16.6. The summed E-state index contributed by atoms with van der Waals surface area (Å²) in [7, 11) is -3.16. The Morgan fingerprint density at radius 1 is 1.20 bits per heavy atom. The van der Waals surface area contributed by atoms with Gasteiger partial charge in [0.1, 0.15) is 19.0 Å². The zero-order chi connectivity index (χ0) is 18.9. The van der Waals surface area contributed by atoms with Crippen LogP contribution in [0.15, 0.2) is 24.3 Å². The molecule has 0 amide bonds. The Balaban J connectivity index is 2.47. The van der Waals surface area contributed by atoms with Crippen LogP contribution in [0.2, 0.25) is 0 Å². The van der Waals surface area contributed by atoms with Crippen molar-refractivity contribution in [2.45, 2.75) is 40.0 Å². The first-order valence-electron chi connectivity index (χ1n) is 8.70. The molecule has 1 aromatic rings. The van der Waals surface area contributed by atoms with E-state index in [0.29, 0.717) is 25.4 Å². The van der Waals surface area contributed by atoms with E-state index in [9.17, 15) is 12.8 Å². The molecule has 0 bridgehead atoms. The molecular weight excluding hydrogens is 343 g/mol. The fraction of sp³-hybridized carbons (Fsp3) is 0.684. The molecule has 25 heavy (non-hydrogen) atoms. The summed E-state index contributed by atoms with van der Waals surface area (Å²) in [4.78, 5) is 0. The van der Waals surface area contributed by atoms with Gasteiger partial charge in [-0.15, -0.1) is 0 Å². The molecule has 0 spiro atoms. The number of hydrogen-bond acceptors (Lipinski definition) is 4. The van der Waals surface area contributed by atoms with Crippen molar-refractivity contribution in [2.24, 2.45) is 5.41 Å². The number of halogens is 1. The lowest BCUT2D eigenvalue weighted by Gasteiger charge is -2.18. The lowest BCUT2D eigenvalue weighted by atomic mass is 9.99. The highest BCUT2D eigenvalue weighted by molar-refractivity contribution is 7.91. The number of alkyl halides is 1. The number of ether oxygens (including phenoxy) is 2. The quantitative estimate of drug-likeness (QED) is 0.549. The van der Waals surface area contributed by atoms with Crippen molar-refractivity contribution < 1.29 is 22.3 Å². The Labute approximate surface area is 151 Å². The average molecular weight is 375 g/mol. The molecule has 0 aromatic heterocycles. The van der Waals surface area contributed by atoms with Crippen LogP contribution in [0.4, 0.5) is 4.39 Å². The van der Waals surface area contributed by atoms with E-state index in [4.69, 9.17) is 9.47 Å². The van der Waals surface area contributed by atoms with Crippen LogP contribution in [0.5, 0.6) is 5.75 Å². The summed E-state index contributed by atoms with van der Waals surface area (Å²) in [6.45, 7) is 8.65. The van der Waals surface area contributed by atoms with Crippen LogP contribution in [-0.4, -0.2) is 46.4 Å². The minimum atomic E-state index is -3.16. The maximum Gasteiger partial charge on any atom is 0.150 e. The van der Waals surface area contributed by atoms with Crippen molar-refractivity contribution in [3.05, 3.63) is 29.8 Å². The SMILES string of the molecule is C[C@@H](CS(=O)(=O)CCCOCC(C)(C)C)c1cccc(OCCF)c1. The van der Waals surface area contributed by atoms with Gasteiger partial charge in [-0.3, -0.25) is 0 Å². The van der Waals surface area contributed by atoms with Gasteiger partial charge in [0.25, 0.3) is 0 Å². The summed E-state index contributed by atoms with van der Waals surface area (Å²) in [5.41, 5.74) is 0.965. The molecule has 6 heteroatoms. The van der Waals surface area contributed by atoms with E-state index in [2.05, 4.69) is 20.8 Å². The third kappa shape index (κ3) is 9.80. The fourth-order valence-electron chi connectivity index (χ4n) is 2.39. The van der Waals surface area contributed by atoms with Crippen LogP contribution in [-0.2, 0) is 14.6 Å². The molecule has 0 aliphatic carbocycles. The van der Waals surface area contributed by atoms with Crippen molar-refractivity contribution in [1.29, 1.82) is 0 Å². The highest BCUT2D eigenvalue weighted by Gasteiger charge is 2.18. The molecule has 0 fully saturated rings. The van der Waals surface area contributed by atoms with Crippen molar-refractivity contribution >= 4 is 9.84 Å². The van der Waals surface area contributed by atoms with Crippen LogP contribution in [0, 0.1) is 5.41 Å². The van der Waals surface area contributed by atoms with Crippen molar-refractivity contribution in [1.82, 2.24) is 0 Å². The summed E-state index contributed by atoms with van der Waals surface area (Å²) >= 11 is 0. The maximum atomic E-state index is 12.3. The molecule has 0 N–H and O–H groups in total. The summed E-state index contributed by atoms with van der Waals surface area (Å²) in [5.74, 6) is 0.627. The van der Waals surface area contributed by atoms with Crippen LogP contribution in [0.3, 0.4) is 0 Å². The molecule has 1 rings (SSSR count). The van der Waals surface area contributed by atoms with Gasteiger partial charge in [-0.05, 0) is 35.4 Å². The second-order valence-corrected chi connectivity index (χ2v) is 9.82. The fourth-order valence-corrected chi connectivity index (χ4v) is 4.07. The second-order valence-electron chi connectivity index (χ2n) is 7.59. The molecule has 0 heterocycles. The second kappa shape index (κ2) is 10.1. The first-order chi connectivity index (χ1) is 11.6. The Kier molecular flexibility index (Phi) is 8.86. The topological polar surface area (TPSA) is 52.6 Å². The van der Waals surface area contributed by atoms with Crippen molar-refractivity contribution in [3.63, 3.8) is 0 Å². The van der Waals surface area contributed by atoms with Crippen LogP contribution in [0.25, 0.3) is 0 Å². The summed E-state index contributed by atoms with van der Waals surface area (Å²) in [6.07, 6.45) is 0.505. The van der Waals surface area contributed by atoms with E-state index in [-0.39, 0.29) is 29.4 Å². The van der Waals surface area contributed by atoms with Gasteiger partial charge < -0.3 is 9.47 Å². The van der Waals surface area contributed by atoms with Crippen LogP contribution < -0.4 is 4.74 Å². The first-order valence-corrected chi connectivity index (χ1v) is 10.5. The van der Waals surface area contributed by atoms with Crippen LogP contribution >= 0.6 is 0 Å². The van der Waals surface area contributed by atoms with E-state index in [1.54, 1.807) is 18.2 Å². The monoisotopic (exact) mass is 374 g/mol. The summed E-state index contributed by atoms with van der Waals surface area (Å²) in [6, 6.07) is 7.19. The molecule has 144 valence electrons. The molecule has 1 aromatic carbocycles. The van der Waals surface area contributed by atoms with Gasteiger partial charge in [0.2, 0.25) is 0 Å². The molecular formula is C19H31FO4S. The molecule has 0 unspecified atom stereocenters. The van der Waals surface area contributed by atoms with E-state index in [0.717, 1.165) is 5.56 Å². The Bertz CT molecular complexity index is 608. The van der Waals surface area contributed by atoms with Crippen molar-refractivity contribution in [3.8, 4) is 5.75 Å². The first kappa shape index (κ1) is 21.9. The van der Waals surface area contributed by atoms with Crippen molar-refractivity contribution in [2.75, 3.05) is 38.0 Å². The summed E-state index contributed by atoms with van der Waals surface area (Å²) < 4.78 is 47.6. The molecule has 0 saturated carbocycles. The highest BCUT2D eigenvalue weighted by Crippen LogP contribution is 2.22. The van der Waals surface area contributed by atoms with Gasteiger partial charge in [-0.2, -0.15) is 0 Å². The predicted molar refractivity (Wildman–Crippen MR) is 99.9 cm³/mol. The van der Waals surface area contributed by atoms with Gasteiger partial charge in [-0.25, -0.2) is 12.8 Å². The Morgan fingerprint density at radius 2 is 1.92 bits per heavy atom. The van der Waals surface area contributed by atoms with Gasteiger partial charge in [0.15, 0.2) is 9.84 Å². The number of sulfone groups is 1. The lowest BCUT2D eigenvalue weighted by Crippen LogP contribution is -2.19. The molecule has 4 nitrogen and oxygen atoms in total. The predicted octanol–water partition coefficient (Wildman–Crippen LogP) is 4.01. The standard InChI is InChI=1S/C19H31FO4S/c1-16(17-7-5-8-18(13-17)24-11-9-20)14-25(21,22)12-6-10-23-15-19(2,3)4/h5,7-8,13,16H,6,9-12,14-15H2,1-4H3/t16-/m0/s1. The van der Waals surface area contributed by atoms with Crippen LogP contribution in [0.1, 0.15) is 45.6 Å². The largest absolute Gasteiger partial charge is 0.491 e. The van der Waals surface area contributed by atoms with Gasteiger partial charge in [-0.1, -0.05) is 39.8 Å². The van der Waals surface area contributed by atoms with Gasteiger partial charge >= 0.3 is 0 Å². The molecule has 0 radical (unpaired) electrons. The minimum Gasteiger partial charge on any atom is -0.491 e. The molecule has 0 aliphatic rings. The van der Waals surface area contributed by atoms with Gasteiger partial charge in [0, 0.05) is 6.61 Å². The normalized spacial score (nSPS) is 13.6. The molecule has 1 atom stereocenters. The zero-order valence-electron chi connectivity index (χ0n) is 15.8.